The van der Waals surface area contributed by atoms with Crippen molar-refractivity contribution in [2.24, 2.45) is 0 Å². The number of nitrogens with one attached hydrogen (secondary N) is 1. The molecule has 4 rings (SSSR count). The SMILES string of the molecule is Cc1nc2cc(NC(=O)c3cccc(S(=O)(=O)N(C)C)c3)ccc2n1-c1ccccc1. The number of fused-ring (bicyclic) bond motifs is 1. The fourth-order valence-electron chi connectivity index (χ4n) is 3.39. The van der Waals surface area contributed by atoms with Gasteiger partial charge in [-0.15, -0.1) is 0 Å². The summed E-state index contributed by atoms with van der Waals surface area (Å²) in [5.74, 6) is 0.445. The maximum atomic E-state index is 12.7. The monoisotopic (exact) mass is 434 g/mol. The number of rotatable bonds is 5. The molecule has 0 aliphatic heterocycles. The van der Waals surface area contributed by atoms with Crippen LogP contribution in [0.3, 0.4) is 0 Å². The molecule has 0 fully saturated rings. The van der Waals surface area contributed by atoms with Gasteiger partial charge in [-0.3, -0.25) is 9.36 Å². The highest BCUT2D eigenvalue weighted by molar-refractivity contribution is 7.89. The highest BCUT2D eigenvalue weighted by atomic mass is 32.2. The van der Waals surface area contributed by atoms with E-state index in [4.69, 9.17) is 0 Å². The number of hydrogen-bond donors (Lipinski definition) is 1. The summed E-state index contributed by atoms with van der Waals surface area (Å²) in [5.41, 5.74) is 3.53. The van der Waals surface area contributed by atoms with Gasteiger partial charge < -0.3 is 5.32 Å². The lowest BCUT2D eigenvalue weighted by Gasteiger charge is -2.12. The summed E-state index contributed by atoms with van der Waals surface area (Å²) in [4.78, 5) is 17.4. The minimum atomic E-state index is -3.62. The van der Waals surface area contributed by atoms with E-state index < -0.39 is 15.9 Å². The van der Waals surface area contributed by atoms with Gasteiger partial charge in [-0.1, -0.05) is 24.3 Å². The van der Waals surface area contributed by atoms with Crippen LogP contribution in [-0.4, -0.2) is 42.3 Å². The van der Waals surface area contributed by atoms with Crippen molar-refractivity contribution in [2.75, 3.05) is 19.4 Å². The molecule has 1 aromatic heterocycles. The molecule has 0 saturated heterocycles. The van der Waals surface area contributed by atoms with Crippen LogP contribution in [0.5, 0.6) is 0 Å². The van der Waals surface area contributed by atoms with Gasteiger partial charge in [-0.05, 0) is 55.5 Å². The zero-order chi connectivity index (χ0) is 22.2. The molecule has 1 heterocycles. The molecule has 0 aliphatic rings. The van der Waals surface area contributed by atoms with E-state index in [2.05, 4.69) is 14.9 Å². The largest absolute Gasteiger partial charge is 0.322 e. The zero-order valence-corrected chi connectivity index (χ0v) is 18.2. The Bertz CT molecular complexity index is 1380. The number of aryl methyl sites for hydroxylation is 1. The van der Waals surface area contributed by atoms with Gasteiger partial charge >= 0.3 is 0 Å². The highest BCUT2D eigenvalue weighted by Crippen LogP contribution is 2.24. The molecule has 0 unspecified atom stereocenters. The summed E-state index contributed by atoms with van der Waals surface area (Å²) in [7, 11) is -0.718. The van der Waals surface area contributed by atoms with E-state index in [0.29, 0.717) is 5.69 Å². The van der Waals surface area contributed by atoms with E-state index in [9.17, 15) is 13.2 Å². The quantitative estimate of drug-likeness (QED) is 0.517. The van der Waals surface area contributed by atoms with E-state index in [1.807, 2.05) is 43.3 Å². The Morgan fingerprint density at radius 1 is 0.968 bits per heavy atom. The first-order valence-electron chi connectivity index (χ1n) is 9.66. The van der Waals surface area contributed by atoms with Gasteiger partial charge in [0.25, 0.3) is 5.91 Å². The molecule has 0 saturated carbocycles. The molecule has 158 valence electrons. The summed E-state index contributed by atoms with van der Waals surface area (Å²) >= 11 is 0. The smallest absolute Gasteiger partial charge is 0.255 e. The number of nitrogens with zero attached hydrogens (tertiary/aromatic N) is 3. The minimum Gasteiger partial charge on any atom is -0.322 e. The maximum Gasteiger partial charge on any atom is 0.255 e. The van der Waals surface area contributed by atoms with Crippen LogP contribution in [0.25, 0.3) is 16.7 Å². The second-order valence-electron chi connectivity index (χ2n) is 7.30. The predicted octanol–water partition coefficient (Wildman–Crippen LogP) is 3.84. The topological polar surface area (TPSA) is 84.3 Å². The molecule has 7 nitrogen and oxygen atoms in total. The number of aromatic nitrogens is 2. The zero-order valence-electron chi connectivity index (χ0n) is 17.4. The van der Waals surface area contributed by atoms with E-state index in [-0.39, 0.29) is 10.5 Å². The summed E-state index contributed by atoms with van der Waals surface area (Å²) in [6.07, 6.45) is 0. The average molecular weight is 435 g/mol. The molecule has 0 bridgehead atoms. The van der Waals surface area contributed by atoms with E-state index in [1.165, 1.54) is 26.2 Å². The maximum absolute atomic E-state index is 12.7. The van der Waals surface area contributed by atoms with Crippen LogP contribution in [0.4, 0.5) is 5.69 Å². The molecular formula is C23H22N4O3S. The lowest BCUT2D eigenvalue weighted by molar-refractivity contribution is 0.102. The number of carbonyl (C=O) groups excluding carboxylic acids is 1. The van der Waals surface area contributed by atoms with Crippen molar-refractivity contribution in [1.29, 1.82) is 0 Å². The van der Waals surface area contributed by atoms with E-state index in [1.54, 1.807) is 24.3 Å². The Labute approximate surface area is 181 Å². The highest BCUT2D eigenvalue weighted by Gasteiger charge is 2.19. The van der Waals surface area contributed by atoms with Gasteiger partial charge in [0.05, 0.1) is 15.9 Å². The van der Waals surface area contributed by atoms with Crippen LogP contribution >= 0.6 is 0 Å². The number of carbonyl (C=O) groups is 1. The number of sulfonamides is 1. The van der Waals surface area contributed by atoms with Crippen molar-refractivity contribution in [3.8, 4) is 5.69 Å². The normalized spacial score (nSPS) is 11.7. The van der Waals surface area contributed by atoms with E-state index >= 15 is 0 Å². The first-order chi connectivity index (χ1) is 14.8. The first-order valence-corrected chi connectivity index (χ1v) is 11.1. The van der Waals surface area contributed by atoms with Gasteiger partial charge in [0.2, 0.25) is 10.0 Å². The summed E-state index contributed by atoms with van der Waals surface area (Å²) in [6, 6.07) is 21.4. The molecule has 1 N–H and O–H groups in total. The Balaban J connectivity index is 1.63. The molecular weight excluding hydrogens is 412 g/mol. The van der Waals surface area contributed by atoms with Crippen molar-refractivity contribution >= 4 is 32.7 Å². The predicted molar refractivity (Wildman–Crippen MR) is 121 cm³/mol. The number of para-hydroxylation sites is 1. The molecule has 3 aromatic carbocycles. The van der Waals surface area contributed by atoms with Crippen LogP contribution in [-0.2, 0) is 10.0 Å². The Hall–Kier alpha value is -3.49. The van der Waals surface area contributed by atoms with Crippen LogP contribution in [0.15, 0.2) is 77.7 Å². The van der Waals surface area contributed by atoms with Gasteiger partial charge in [0.15, 0.2) is 0 Å². The Morgan fingerprint density at radius 3 is 2.42 bits per heavy atom. The number of benzene rings is 3. The Morgan fingerprint density at radius 2 is 1.71 bits per heavy atom. The van der Waals surface area contributed by atoms with Crippen LogP contribution in [0.1, 0.15) is 16.2 Å². The summed E-state index contributed by atoms with van der Waals surface area (Å²) in [5, 5.41) is 2.83. The third-order valence-electron chi connectivity index (χ3n) is 4.97. The third kappa shape index (κ3) is 3.95. The fourth-order valence-corrected chi connectivity index (χ4v) is 4.34. The van der Waals surface area contributed by atoms with Crippen molar-refractivity contribution in [2.45, 2.75) is 11.8 Å². The number of anilines is 1. The van der Waals surface area contributed by atoms with Gasteiger partial charge in [-0.2, -0.15) is 0 Å². The lowest BCUT2D eigenvalue weighted by atomic mass is 10.2. The molecule has 8 heteroatoms. The fraction of sp³-hybridized carbons (Fsp3) is 0.130. The standard InChI is InChI=1S/C23H22N4O3S/c1-16-24-21-15-18(12-13-22(21)27(16)19-9-5-4-6-10-19)25-23(28)17-8-7-11-20(14-17)31(29,30)26(2)3/h4-15H,1-3H3,(H,25,28). The van der Waals surface area contributed by atoms with Crippen molar-refractivity contribution in [3.05, 3.63) is 84.2 Å². The second kappa shape index (κ2) is 7.98. The summed E-state index contributed by atoms with van der Waals surface area (Å²) < 4.78 is 27.9. The molecule has 0 aliphatic carbocycles. The molecule has 4 aromatic rings. The van der Waals surface area contributed by atoms with Gasteiger partial charge in [0.1, 0.15) is 5.82 Å². The van der Waals surface area contributed by atoms with Gasteiger partial charge in [-0.25, -0.2) is 17.7 Å². The van der Waals surface area contributed by atoms with Crippen molar-refractivity contribution in [1.82, 2.24) is 13.9 Å². The molecule has 0 spiro atoms. The average Bonchev–Trinajstić information content (AvgIpc) is 3.09. The van der Waals surface area contributed by atoms with Crippen molar-refractivity contribution < 1.29 is 13.2 Å². The van der Waals surface area contributed by atoms with Crippen LogP contribution < -0.4 is 5.32 Å². The molecule has 0 atom stereocenters. The van der Waals surface area contributed by atoms with Crippen molar-refractivity contribution in [3.63, 3.8) is 0 Å². The lowest BCUT2D eigenvalue weighted by Crippen LogP contribution is -2.22. The number of hydrogen-bond acceptors (Lipinski definition) is 4. The van der Waals surface area contributed by atoms with Gasteiger partial charge in [0, 0.05) is 31.0 Å². The number of imidazole rings is 1. The van der Waals surface area contributed by atoms with Crippen LogP contribution in [0, 0.1) is 6.92 Å². The molecule has 0 radical (unpaired) electrons. The number of amides is 1. The third-order valence-corrected chi connectivity index (χ3v) is 6.78. The molecule has 1 amide bonds. The van der Waals surface area contributed by atoms with E-state index in [0.717, 1.165) is 26.9 Å². The summed E-state index contributed by atoms with van der Waals surface area (Å²) in [6.45, 7) is 1.93. The second-order valence-corrected chi connectivity index (χ2v) is 9.45. The molecule has 31 heavy (non-hydrogen) atoms. The van der Waals surface area contributed by atoms with Crippen LogP contribution in [0.2, 0.25) is 0 Å². The Kier molecular flexibility index (Phi) is 5.34. The minimum absolute atomic E-state index is 0.0674. The first kappa shape index (κ1) is 20.8.